The van der Waals surface area contributed by atoms with E-state index in [0.717, 1.165) is 37.3 Å². The van der Waals surface area contributed by atoms with E-state index in [1.807, 2.05) is 16.8 Å². The molecule has 12 heteroatoms. The summed E-state index contributed by atoms with van der Waals surface area (Å²) in [6.07, 6.45) is 8.39. The van der Waals surface area contributed by atoms with Crippen molar-refractivity contribution in [2.75, 3.05) is 44.2 Å². The van der Waals surface area contributed by atoms with E-state index in [9.17, 15) is 9.59 Å². The highest BCUT2D eigenvalue weighted by atomic mass is 16.2. The number of likely N-dealkylation sites (tertiary alicyclic amines) is 1. The third kappa shape index (κ3) is 4.10. The highest BCUT2D eigenvalue weighted by Gasteiger charge is 2.38. The van der Waals surface area contributed by atoms with Crippen LogP contribution in [0.1, 0.15) is 53.4 Å². The van der Waals surface area contributed by atoms with Gasteiger partial charge in [-0.1, -0.05) is 0 Å². The number of nitrogens with zero attached hydrogens (tertiary/aromatic N) is 10. The number of anilines is 1. The van der Waals surface area contributed by atoms with Crippen LogP contribution in [0.25, 0.3) is 0 Å². The minimum Gasteiger partial charge on any atom is -0.337 e. The Kier molecular flexibility index (Phi) is 5.86. The summed E-state index contributed by atoms with van der Waals surface area (Å²) in [7, 11) is 1.81. The van der Waals surface area contributed by atoms with Crippen LogP contribution >= 0.6 is 0 Å². The summed E-state index contributed by atoms with van der Waals surface area (Å²) in [5, 5.41) is 13.2. The predicted octanol–water partition coefficient (Wildman–Crippen LogP) is 0.658. The molecule has 1 atom stereocenters. The third-order valence-corrected chi connectivity index (χ3v) is 7.54. The summed E-state index contributed by atoms with van der Waals surface area (Å²) in [6.45, 7) is 4.01. The average Bonchev–Trinajstić information content (AvgIpc) is 3.66. The second kappa shape index (κ2) is 9.32. The van der Waals surface area contributed by atoms with Gasteiger partial charge in [0.2, 0.25) is 11.9 Å². The smallest absolute Gasteiger partial charge is 0.274 e. The van der Waals surface area contributed by atoms with Gasteiger partial charge in [-0.25, -0.2) is 9.97 Å². The van der Waals surface area contributed by atoms with E-state index in [0.29, 0.717) is 50.9 Å². The van der Waals surface area contributed by atoms with Gasteiger partial charge in [-0.15, -0.1) is 10.2 Å². The predicted molar refractivity (Wildman–Crippen MR) is 129 cm³/mol. The monoisotopic (exact) mass is 490 g/mol. The zero-order valence-electron chi connectivity index (χ0n) is 20.4. The van der Waals surface area contributed by atoms with Gasteiger partial charge in [0, 0.05) is 77.2 Å². The molecule has 2 amide bonds. The SMILES string of the molecule is Cn1ccc(C(=O)N2CCC(c3nnc4n3C(C(=O)N3CCN(c5ncccn5)CC3)CC4)CC2)n1. The van der Waals surface area contributed by atoms with Gasteiger partial charge in [0.25, 0.3) is 5.91 Å². The van der Waals surface area contributed by atoms with Gasteiger partial charge in [-0.05, 0) is 31.4 Å². The maximum atomic E-state index is 13.6. The van der Waals surface area contributed by atoms with Crippen LogP contribution in [0.15, 0.2) is 30.7 Å². The number of piperazine rings is 1. The average molecular weight is 491 g/mol. The summed E-state index contributed by atoms with van der Waals surface area (Å²) in [4.78, 5) is 41.0. The second-order valence-corrected chi connectivity index (χ2v) is 9.70. The fourth-order valence-corrected chi connectivity index (χ4v) is 5.58. The number of amides is 2. The first-order valence-corrected chi connectivity index (χ1v) is 12.6. The number of hydrogen-bond donors (Lipinski definition) is 0. The van der Waals surface area contributed by atoms with Crippen molar-refractivity contribution in [1.29, 1.82) is 0 Å². The first-order valence-electron chi connectivity index (χ1n) is 12.6. The van der Waals surface area contributed by atoms with Crippen LogP contribution in [0.5, 0.6) is 0 Å². The number of piperidine rings is 1. The van der Waals surface area contributed by atoms with Gasteiger partial charge in [-0.2, -0.15) is 5.10 Å². The highest BCUT2D eigenvalue weighted by Crippen LogP contribution is 2.35. The molecule has 3 aromatic rings. The number of rotatable bonds is 4. The zero-order chi connectivity index (χ0) is 24.6. The molecular formula is C24H30N10O2. The fraction of sp³-hybridized carbons (Fsp3) is 0.542. The standard InChI is InChI=1S/C24H30N10O2/c1-30-10-7-18(29-30)22(35)31-11-5-17(6-12-31)21-28-27-20-4-3-19(34(20)21)23(36)32-13-15-33(16-14-32)24-25-8-2-9-26-24/h2,7-10,17,19H,3-6,11-16H2,1H3. The van der Waals surface area contributed by atoms with Crippen LogP contribution in [0.3, 0.4) is 0 Å². The van der Waals surface area contributed by atoms with Crippen LogP contribution in [0, 0.1) is 0 Å². The third-order valence-electron chi connectivity index (χ3n) is 7.54. The minimum absolute atomic E-state index is 0.0337. The van der Waals surface area contributed by atoms with Gasteiger partial charge in [0.1, 0.15) is 23.4 Å². The number of carbonyl (C=O) groups is 2. The van der Waals surface area contributed by atoms with E-state index < -0.39 is 0 Å². The van der Waals surface area contributed by atoms with Crippen molar-refractivity contribution < 1.29 is 9.59 Å². The van der Waals surface area contributed by atoms with Crippen LogP contribution in [0.2, 0.25) is 0 Å². The Morgan fingerprint density at radius 3 is 2.36 bits per heavy atom. The largest absolute Gasteiger partial charge is 0.337 e. The molecule has 0 spiro atoms. The van der Waals surface area contributed by atoms with E-state index in [2.05, 4.69) is 34.7 Å². The Morgan fingerprint density at radius 1 is 0.917 bits per heavy atom. The molecule has 12 nitrogen and oxygen atoms in total. The lowest BCUT2D eigenvalue weighted by Gasteiger charge is -2.36. The zero-order valence-corrected chi connectivity index (χ0v) is 20.4. The Hall–Kier alpha value is -3.83. The van der Waals surface area contributed by atoms with E-state index in [4.69, 9.17) is 0 Å². The summed E-state index contributed by atoms with van der Waals surface area (Å²) in [6, 6.07) is 3.31. The number of aryl methyl sites for hydroxylation is 2. The van der Waals surface area contributed by atoms with Gasteiger partial charge >= 0.3 is 0 Å². The number of aromatic nitrogens is 7. The quantitative estimate of drug-likeness (QED) is 0.523. The van der Waals surface area contributed by atoms with Gasteiger partial charge in [0.15, 0.2) is 0 Å². The molecule has 1 unspecified atom stereocenters. The maximum absolute atomic E-state index is 13.6. The Bertz CT molecular complexity index is 1240. The van der Waals surface area contributed by atoms with E-state index in [1.54, 1.807) is 35.4 Å². The molecule has 0 aromatic carbocycles. The van der Waals surface area contributed by atoms with Crippen molar-refractivity contribution >= 4 is 17.8 Å². The van der Waals surface area contributed by atoms with Crippen LogP contribution in [0.4, 0.5) is 5.95 Å². The lowest BCUT2D eigenvalue weighted by atomic mass is 9.95. The molecule has 36 heavy (non-hydrogen) atoms. The van der Waals surface area contributed by atoms with Gasteiger partial charge in [-0.3, -0.25) is 14.3 Å². The number of carbonyl (C=O) groups excluding carboxylic acids is 2. The van der Waals surface area contributed by atoms with Crippen molar-refractivity contribution in [3.05, 3.63) is 48.1 Å². The van der Waals surface area contributed by atoms with E-state index in [1.165, 1.54) is 0 Å². The van der Waals surface area contributed by atoms with Crippen molar-refractivity contribution in [2.24, 2.45) is 7.05 Å². The molecule has 2 fully saturated rings. The van der Waals surface area contributed by atoms with Gasteiger partial charge in [0.05, 0.1) is 0 Å². The van der Waals surface area contributed by atoms with Crippen molar-refractivity contribution in [3.8, 4) is 0 Å². The lowest BCUT2D eigenvalue weighted by Crippen LogP contribution is -2.51. The van der Waals surface area contributed by atoms with Gasteiger partial charge < -0.3 is 19.3 Å². The second-order valence-electron chi connectivity index (χ2n) is 9.70. The summed E-state index contributed by atoms with van der Waals surface area (Å²) < 4.78 is 3.74. The van der Waals surface area contributed by atoms with E-state index >= 15 is 0 Å². The Labute approximate surface area is 208 Å². The molecule has 3 aliphatic heterocycles. The van der Waals surface area contributed by atoms with Crippen LogP contribution in [-0.4, -0.2) is 95.4 Å². The Morgan fingerprint density at radius 2 is 1.67 bits per heavy atom. The molecule has 3 aliphatic rings. The van der Waals surface area contributed by atoms with Crippen molar-refractivity contribution in [1.82, 2.24) is 44.3 Å². The van der Waals surface area contributed by atoms with Crippen LogP contribution < -0.4 is 4.90 Å². The fourth-order valence-electron chi connectivity index (χ4n) is 5.58. The molecule has 0 saturated carbocycles. The van der Waals surface area contributed by atoms with Crippen LogP contribution in [-0.2, 0) is 18.3 Å². The molecule has 3 aromatic heterocycles. The minimum atomic E-state index is -0.252. The molecule has 0 N–H and O–H groups in total. The number of hydrogen-bond acceptors (Lipinski definition) is 8. The topological polar surface area (TPSA) is 118 Å². The Balaban J connectivity index is 1.10. The van der Waals surface area contributed by atoms with Crippen molar-refractivity contribution in [3.63, 3.8) is 0 Å². The summed E-state index contributed by atoms with van der Waals surface area (Å²) in [5.41, 5.74) is 0.476. The maximum Gasteiger partial charge on any atom is 0.274 e. The summed E-state index contributed by atoms with van der Waals surface area (Å²) in [5.74, 6) is 2.79. The molecule has 0 radical (unpaired) electrons. The molecule has 0 bridgehead atoms. The molecule has 2 saturated heterocycles. The molecule has 6 heterocycles. The molecule has 6 rings (SSSR count). The summed E-state index contributed by atoms with van der Waals surface area (Å²) >= 11 is 0. The first kappa shape index (κ1) is 22.6. The molecule has 188 valence electrons. The highest BCUT2D eigenvalue weighted by molar-refractivity contribution is 5.92. The van der Waals surface area contributed by atoms with E-state index in [-0.39, 0.29) is 23.8 Å². The lowest BCUT2D eigenvalue weighted by molar-refractivity contribution is -0.135. The van der Waals surface area contributed by atoms with Crippen molar-refractivity contribution in [2.45, 2.75) is 37.6 Å². The normalized spacial score (nSPS) is 20.6. The molecule has 0 aliphatic carbocycles. The first-order chi connectivity index (χ1) is 17.6. The number of fused-ring (bicyclic) bond motifs is 1. The molecular weight excluding hydrogens is 460 g/mol.